The summed E-state index contributed by atoms with van der Waals surface area (Å²) >= 11 is 0. The minimum Gasteiger partial charge on any atom is -0.376 e. The van der Waals surface area contributed by atoms with E-state index < -0.39 is 0 Å². The van der Waals surface area contributed by atoms with E-state index in [0.717, 1.165) is 37.7 Å². The summed E-state index contributed by atoms with van der Waals surface area (Å²) in [4.78, 5) is 14.6. The molecule has 0 aliphatic carbocycles. The van der Waals surface area contributed by atoms with Crippen LogP contribution in [0, 0.1) is 18.8 Å². The molecule has 7 nitrogen and oxygen atoms in total. The topological polar surface area (TPSA) is 72.5 Å². The van der Waals surface area contributed by atoms with Crippen molar-refractivity contribution in [2.24, 2.45) is 18.9 Å². The third-order valence-corrected chi connectivity index (χ3v) is 5.28. The van der Waals surface area contributed by atoms with Crippen LogP contribution in [0.25, 0.3) is 0 Å². The number of rotatable bonds is 5. The zero-order chi connectivity index (χ0) is 17.4. The normalized spacial score (nSPS) is 26.1. The van der Waals surface area contributed by atoms with E-state index in [2.05, 4.69) is 15.4 Å². The number of carbonyl (C=O) groups excluding carboxylic acids is 1. The predicted molar refractivity (Wildman–Crippen MR) is 91.0 cm³/mol. The number of hydrogen-bond acceptors (Lipinski definition) is 5. The van der Waals surface area contributed by atoms with Crippen LogP contribution in [0.5, 0.6) is 0 Å². The molecule has 134 valence electrons. The molecule has 0 saturated carbocycles. The van der Waals surface area contributed by atoms with Crippen LogP contribution in [-0.2, 0) is 18.3 Å². The van der Waals surface area contributed by atoms with Crippen LogP contribution in [-0.4, -0.2) is 52.9 Å². The molecule has 2 aromatic heterocycles. The van der Waals surface area contributed by atoms with E-state index in [0.29, 0.717) is 24.1 Å². The Bertz CT molecular complexity index is 753. The highest BCUT2D eigenvalue weighted by Crippen LogP contribution is 2.34. The molecular formula is C18H24N4O3. The highest BCUT2D eigenvalue weighted by Gasteiger charge is 2.43. The molecule has 2 fully saturated rings. The Morgan fingerprint density at radius 2 is 2.32 bits per heavy atom. The zero-order valence-corrected chi connectivity index (χ0v) is 14.6. The van der Waals surface area contributed by atoms with Gasteiger partial charge in [0, 0.05) is 57.3 Å². The van der Waals surface area contributed by atoms with Crippen LogP contribution in [0.4, 0.5) is 0 Å². The molecule has 1 N–H and O–H groups in total. The average molecular weight is 344 g/mol. The minimum absolute atomic E-state index is 0.0242. The fourth-order valence-corrected chi connectivity index (χ4v) is 3.95. The van der Waals surface area contributed by atoms with Crippen molar-refractivity contribution in [3.8, 4) is 0 Å². The molecular weight excluding hydrogens is 320 g/mol. The van der Waals surface area contributed by atoms with Gasteiger partial charge in [0.15, 0.2) is 0 Å². The van der Waals surface area contributed by atoms with Crippen molar-refractivity contribution >= 4 is 5.91 Å². The fourth-order valence-electron chi connectivity index (χ4n) is 3.95. The molecule has 0 aromatic carbocycles. The lowest BCUT2D eigenvalue weighted by Gasteiger charge is -2.19. The number of hydrogen-bond donors (Lipinski definition) is 1. The van der Waals surface area contributed by atoms with Crippen molar-refractivity contribution < 1.29 is 14.1 Å². The maximum Gasteiger partial charge on any atom is 0.267 e. The summed E-state index contributed by atoms with van der Waals surface area (Å²) in [5.74, 6) is 1.63. The Hall–Kier alpha value is -2.12. The van der Waals surface area contributed by atoms with Crippen LogP contribution in [0.1, 0.15) is 21.9 Å². The third-order valence-electron chi connectivity index (χ3n) is 5.28. The van der Waals surface area contributed by atoms with E-state index in [1.54, 1.807) is 0 Å². The third kappa shape index (κ3) is 3.34. The van der Waals surface area contributed by atoms with Crippen molar-refractivity contribution in [2.75, 3.05) is 26.2 Å². The van der Waals surface area contributed by atoms with Gasteiger partial charge in [-0.2, -0.15) is 0 Å². The lowest BCUT2D eigenvalue weighted by Crippen LogP contribution is -2.34. The molecule has 4 rings (SSSR count). The maximum absolute atomic E-state index is 12.3. The smallest absolute Gasteiger partial charge is 0.267 e. The van der Waals surface area contributed by atoms with E-state index in [-0.39, 0.29) is 12.0 Å². The first-order valence-electron chi connectivity index (χ1n) is 8.76. The minimum atomic E-state index is -0.0242. The van der Waals surface area contributed by atoms with Gasteiger partial charge in [0.2, 0.25) is 0 Å². The van der Waals surface area contributed by atoms with E-state index in [1.165, 1.54) is 0 Å². The first-order chi connectivity index (χ1) is 12.1. The molecule has 0 bridgehead atoms. The van der Waals surface area contributed by atoms with Gasteiger partial charge >= 0.3 is 0 Å². The van der Waals surface area contributed by atoms with Gasteiger partial charge in [-0.3, -0.25) is 9.69 Å². The van der Waals surface area contributed by atoms with Gasteiger partial charge in [-0.05, 0) is 19.1 Å². The van der Waals surface area contributed by atoms with Gasteiger partial charge in [-0.25, -0.2) is 0 Å². The van der Waals surface area contributed by atoms with E-state index in [1.807, 2.05) is 42.9 Å². The molecule has 2 saturated heterocycles. The summed E-state index contributed by atoms with van der Waals surface area (Å²) in [7, 11) is 1.88. The van der Waals surface area contributed by atoms with Crippen molar-refractivity contribution in [3.05, 3.63) is 41.5 Å². The number of ether oxygens (including phenoxy) is 1. The lowest BCUT2D eigenvalue weighted by atomic mass is 9.93. The summed E-state index contributed by atoms with van der Waals surface area (Å²) in [6.45, 7) is 5.96. The van der Waals surface area contributed by atoms with Gasteiger partial charge in [0.25, 0.3) is 5.91 Å². The van der Waals surface area contributed by atoms with Gasteiger partial charge in [-0.1, -0.05) is 5.16 Å². The summed E-state index contributed by atoms with van der Waals surface area (Å²) in [6.07, 6.45) is 2.13. The molecule has 7 heteroatoms. The summed E-state index contributed by atoms with van der Waals surface area (Å²) < 4.78 is 12.9. The number of aryl methyl sites for hydroxylation is 2. The second kappa shape index (κ2) is 6.65. The highest BCUT2D eigenvalue weighted by atomic mass is 16.5. The molecule has 2 aromatic rings. The Morgan fingerprint density at radius 1 is 1.44 bits per heavy atom. The summed E-state index contributed by atoms with van der Waals surface area (Å²) in [5, 5.41) is 7.13. The zero-order valence-electron chi connectivity index (χ0n) is 14.6. The van der Waals surface area contributed by atoms with Gasteiger partial charge in [-0.15, -0.1) is 0 Å². The number of fused-ring (bicyclic) bond motifs is 1. The molecule has 0 unspecified atom stereocenters. The SMILES string of the molecule is Cc1cc(CN2C[C@H]3[C@H](CNC(=O)c4cccn4C)CO[C@H]3C2)no1. The number of likely N-dealkylation sites (tertiary alicyclic amines) is 1. The Morgan fingerprint density at radius 3 is 3.04 bits per heavy atom. The van der Waals surface area contributed by atoms with E-state index in [9.17, 15) is 4.79 Å². The quantitative estimate of drug-likeness (QED) is 0.882. The molecule has 0 radical (unpaired) electrons. The number of amides is 1. The molecule has 1 amide bonds. The number of carbonyl (C=O) groups is 1. The first-order valence-corrected chi connectivity index (χ1v) is 8.76. The molecule has 2 aliphatic rings. The Balaban J connectivity index is 1.31. The number of aromatic nitrogens is 2. The van der Waals surface area contributed by atoms with Gasteiger partial charge in [0.1, 0.15) is 11.5 Å². The second-order valence-corrected chi connectivity index (χ2v) is 7.13. The summed E-state index contributed by atoms with van der Waals surface area (Å²) in [6, 6.07) is 5.69. The summed E-state index contributed by atoms with van der Waals surface area (Å²) in [5.41, 5.74) is 1.65. The molecule has 0 spiro atoms. The largest absolute Gasteiger partial charge is 0.376 e. The standard InChI is InChI=1S/C18H24N4O3/c1-12-6-14(20-25-12)8-22-9-15-13(11-24-17(15)10-22)7-19-18(23)16-4-3-5-21(16)2/h3-6,13,15,17H,7-11H2,1-2H3,(H,19,23)/t13-,15+,17+/m1/s1. The van der Waals surface area contributed by atoms with Crippen molar-refractivity contribution in [3.63, 3.8) is 0 Å². The second-order valence-electron chi connectivity index (χ2n) is 7.13. The van der Waals surface area contributed by atoms with Crippen molar-refractivity contribution in [1.82, 2.24) is 19.9 Å². The predicted octanol–water partition coefficient (Wildman–Crippen LogP) is 1.20. The van der Waals surface area contributed by atoms with Gasteiger partial charge in [0.05, 0.1) is 18.4 Å². The number of nitrogens with zero attached hydrogens (tertiary/aromatic N) is 3. The fraction of sp³-hybridized carbons (Fsp3) is 0.556. The Kier molecular flexibility index (Phi) is 4.35. The molecule has 2 aliphatic heterocycles. The van der Waals surface area contributed by atoms with Crippen LogP contribution >= 0.6 is 0 Å². The number of nitrogens with one attached hydrogen (secondary N) is 1. The average Bonchev–Trinajstić information content (AvgIpc) is 3.32. The van der Waals surface area contributed by atoms with Gasteiger partial charge < -0.3 is 19.1 Å². The van der Waals surface area contributed by atoms with Crippen LogP contribution in [0.3, 0.4) is 0 Å². The van der Waals surface area contributed by atoms with Crippen molar-refractivity contribution in [1.29, 1.82) is 0 Å². The van der Waals surface area contributed by atoms with E-state index in [4.69, 9.17) is 9.26 Å². The molecule has 3 atom stereocenters. The molecule has 4 heterocycles. The lowest BCUT2D eigenvalue weighted by molar-refractivity contribution is 0.0897. The van der Waals surface area contributed by atoms with Crippen LogP contribution in [0.15, 0.2) is 28.9 Å². The van der Waals surface area contributed by atoms with E-state index >= 15 is 0 Å². The monoisotopic (exact) mass is 344 g/mol. The van der Waals surface area contributed by atoms with Crippen molar-refractivity contribution in [2.45, 2.75) is 19.6 Å². The van der Waals surface area contributed by atoms with Crippen LogP contribution in [0.2, 0.25) is 0 Å². The van der Waals surface area contributed by atoms with Crippen LogP contribution < -0.4 is 5.32 Å². The maximum atomic E-state index is 12.3. The first kappa shape index (κ1) is 16.4. The molecule has 25 heavy (non-hydrogen) atoms. The Labute approximate surface area is 146 Å². The highest BCUT2D eigenvalue weighted by molar-refractivity contribution is 5.92.